The van der Waals surface area contributed by atoms with Gasteiger partial charge in [0, 0.05) is 11.8 Å². The van der Waals surface area contributed by atoms with Gasteiger partial charge in [0.25, 0.3) is 0 Å². The van der Waals surface area contributed by atoms with Gasteiger partial charge in [-0.15, -0.1) is 23.2 Å². The summed E-state index contributed by atoms with van der Waals surface area (Å²) in [5.74, 6) is 1.11. The second-order valence-corrected chi connectivity index (χ2v) is 24.2. The molecule has 0 radical (unpaired) electrons. The van der Waals surface area contributed by atoms with Gasteiger partial charge in [0.1, 0.15) is 0 Å². The Kier molecular flexibility index (Phi) is 8.12. The van der Waals surface area contributed by atoms with Gasteiger partial charge in [0.2, 0.25) is 0 Å². The molecule has 0 spiro atoms. The molecule has 0 bridgehead atoms. The van der Waals surface area contributed by atoms with E-state index in [-0.39, 0.29) is 10.1 Å². The van der Waals surface area contributed by atoms with E-state index in [9.17, 15) is 0 Å². The van der Waals surface area contributed by atoms with Gasteiger partial charge in [-0.1, -0.05) is 163 Å². The Morgan fingerprint density at radius 3 is 1.05 bits per heavy atom. The lowest BCUT2D eigenvalue weighted by atomic mass is 10.0. The van der Waals surface area contributed by atoms with Gasteiger partial charge in [-0.3, -0.25) is 0 Å². The number of fused-ring (bicyclic) bond motifs is 6. The second kappa shape index (κ2) is 11.5. The molecule has 0 nitrogen and oxygen atoms in total. The van der Waals surface area contributed by atoms with Gasteiger partial charge in [-0.2, -0.15) is 0 Å². The Hall–Kier alpha value is -2.89. The van der Waals surface area contributed by atoms with Gasteiger partial charge in [-0.05, 0) is 63.5 Å². The molecular formula is C40H42Cl2Si2. The largest absolute Gasteiger partial charge is 0.155 e. The summed E-state index contributed by atoms with van der Waals surface area (Å²) in [6.07, 6.45) is 0. The number of hydrogen-bond donors (Lipinski definition) is 0. The average molecular weight is 650 g/mol. The molecule has 44 heavy (non-hydrogen) atoms. The molecular weight excluding hydrogens is 608 g/mol. The molecule has 0 N–H and O–H groups in total. The van der Waals surface area contributed by atoms with E-state index in [1.165, 1.54) is 32.6 Å². The zero-order valence-corrected chi connectivity index (χ0v) is 30.2. The predicted molar refractivity (Wildman–Crippen MR) is 200 cm³/mol. The van der Waals surface area contributed by atoms with Crippen LogP contribution in [0.5, 0.6) is 0 Å². The van der Waals surface area contributed by atoms with Crippen LogP contribution in [0.4, 0.5) is 0 Å². The maximum atomic E-state index is 5.05. The van der Waals surface area contributed by atoms with Gasteiger partial charge in [0.15, 0.2) is 16.1 Å². The molecule has 2 atom stereocenters. The van der Waals surface area contributed by atoms with Crippen molar-refractivity contribution in [2.24, 2.45) is 0 Å². The van der Waals surface area contributed by atoms with Crippen molar-refractivity contribution in [2.75, 3.05) is 11.8 Å². The van der Waals surface area contributed by atoms with Crippen molar-refractivity contribution in [3.05, 3.63) is 121 Å². The fourth-order valence-electron chi connectivity index (χ4n) is 8.53. The lowest BCUT2D eigenvalue weighted by molar-refractivity contribution is 0.739. The summed E-state index contributed by atoms with van der Waals surface area (Å²) in [6.45, 7) is 14.9. The van der Waals surface area contributed by atoms with Crippen LogP contribution in [0, 0.1) is 0 Å². The predicted octanol–water partition coefficient (Wildman–Crippen LogP) is 7.65. The standard InChI is InChI=1S/C38H38Si2.C2H4Cl2/c1-37(2,3)39(27-17-9-7-10-18-27)33-23-15-13-21-29(33)31-26-36-32(25-35(31)39)30-22-14-16-24-34(30)40(36,38(4,5)6)28-19-11-8-12-20-28;3-1-2-4/h7-26H,1-6H3;1-2H2/t39-,40-;/m1./s1. The van der Waals surface area contributed by atoms with E-state index in [2.05, 4.69) is 163 Å². The minimum absolute atomic E-state index is 0.0973. The quantitative estimate of drug-likeness (QED) is 0.139. The maximum absolute atomic E-state index is 5.05. The summed E-state index contributed by atoms with van der Waals surface area (Å²) in [5.41, 5.74) is 5.85. The van der Waals surface area contributed by atoms with Crippen molar-refractivity contribution in [3.8, 4) is 22.3 Å². The van der Waals surface area contributed by atoms with Crippen LogP contribution in [0.25, 0.3) is 22.3 Å². The Morgan fingerprint density at radius 1 is 0.409 bits per heavy atom. The first-order valence-corrected chi connectivity index (χ1v) is 20.7. The third kappa shape index (κ3) is 4.36. The molecule has 2 heterocycles. The summed E-state index contributed by atoms with van der Waals surface area (Å²) < 4.78 is 0. The van der Waals surface area contributed by atoms with Crippen LogP contribution in [-0.2, 0) is 0 Å². The van der Waals surface area contributed by atoms with Crippen molar-refractivity contribution in [1.82, 2.24) is 0 Å². The van der Waals surface area contributed by atoms with Crippen molar-refractivity contribution in [1.29, 1.82) is 0 Å². The van der Waals surface area contributed by atoms with Crippen LogP contribution in [0.1, 0.15) is 41.5 Å². The number of hydrogen-bond acceptors (Lipinski definition) is 0. The molecule has 2 aliphatic rings. The maximum Gasteiger partial charge on any atom is 0.155 e. The molecule has 5 aromatic carbocycles. The van der Waals surface area contributed by atoms with Crippen LogP contribution in [0.3, 0.4) is 0 Å². The monoisotopic (exact) mass is 648 g/mol. The molecule has 4 heteroatoms. The third-order valence-electron chi connectivity index (χ3n) is 9.94. The van der Waals surface area contributed by atoms with Gasteiger partial charge in [-0.25, -0.2) is 0 Å². The first-order chi connectivity index (χ1) is 21.0. The second-order valence-electron chi connectivity index (χ2n) is 14.1. The number of benzene rings is 5. The molecule has 0 fully saturated rings. The molecule has 0 saturated heterocycles. The SMILES string of the molecule is CC(C)(C)[Si@]1(c2ccccc2)c2ccccc2-c2cc3c(cc21)-c1ccccc1[Si@@]3(c1ccccc1)C(C)(C)C.ClCCCl. The van der Waals surface area contributed by atoms with E-state index in [1.807, 2.05) is 0 Å². The van der Waals surface area contributed by atoms with Crippen molar-refractivity contribution in [3.63, 3.8) is 0 Å². The molecule has 0 aromatic heterocycles. The Morgan fingerprint density at radius 2 is 0.727 bits per heavy atom. The third-order valence-corrected chi connectivity index (χ3v) is 22.3. The number of rotatable bonds is 3. The summed E-state index contributed by atoms with van der Waals surface area (Å²) in [7, 11) is -4.74. The Bertz CT molecular complexity index is 1670. The molecule has 0 aliphatic carbocycles. The van der Waals surface area contributed by atoms with Crippen molar-refractivity contribution < 1.29 is 0 Å². The smallest absolute Gasteiger partial charge is 0.125 e. The van der Waals surface area contributed by atoms with E-state index in [0.717, 1.165) is 0 Å². The van der Waals surface area contributed by atoms with E-state index < -0.39 is 16.1 Å². The van der Waals surface area contributed by atoms with Crippen LogP contribution in [0.15, 0.2) is 121 Å². The summed E-state index contributed by atoms with van der Waals surface area (Å²) in [6, 6.07) is 47.0. The van der Waals surface area contributed by atoms with E-state index >= 15 is 0 Å². The summed E-state index contributed by atoms with van der Waals surface area (Å²) >= 11 is 10.1. The average Bonchev–Trinajstić information content (AvgIpc) is 3.49. The fraction of sp³-hybridized carbons (Fsp3) is 0.250. The number of alkyl halides is 2. The highest BCUT2D eigenvalue weighted by molar-refractivity contribution is 7.17. The van der Waals surface area contributed by atoms with E-state index in [4.69, 9.17) is 23.2 Å². The molecule has 5 aromatic rings. The molecule has 0 saturated carbocycles. The zero-order valence-electron chi connectivity index (χ0n) is 26.7. The topological polar surface area (TPSA) is 0 Å². The highest BCUT2D eigenvalue weighted by atomic mass is 35.5. The van der Waals surface area contributed by atoms with Gasteiger partial charge in [0.05, 0.1) is 0 Å². The summed E-state index contributed by atoms with van der Waals surface area (Å²) in [4.78, 5) is 0. The lowest BCUT2D eigenvalue weighted by Crippen LogP contribution is -2.71. The van der Waals surface area contributed by atoms with E-state index in [0.29, 0.717) is 11.8 Å². The Labute approximate surface area is 276 Å². The van der Waals surface area contributed by atoms with Crippen LogP contribution >= 0.6 is 23.2 Å². The van der Waals surface area contributed by atoms with Crippen LogP contribution in [0.2, 0.25) is 10.1 Å². The van der Waals surface area contributed by atoms with Crippen molar-refractivity contribution in [2.45, 2.75) is 51.6 Å². The highest BCUT2D eigenvalue weighted by Crippen LogP contribution is 2.47. The van der Waals surface area contributed by atoms with Gasteiger partial charge < -0.3 is 0 Å². The Balaban J connectivity index is 0.000000810. The molecule has 7 rings (SSSR count). The highest BCUT2D eigenvalue weighted by Gasteiger charge is 2.58. The molecule has 224 valence electrons. The fourth-order valence-corrected chi connectivity index (χ4v) is 20.6. The molecule has 0 amide bonds. The van der Waals surface area contributed by atoms with Crippen LogP contribution < -0.4 is 31.1 Å². The minimum Gasteiger partial charge on any atom is -0.125 e. The van der Waals surface area contributed by atoms with Crippen LogP contribution in [-0.4, -0.2) is 27.9 Å². The minimum atomic E-state index is -2.37. The normalized spacial score (nSPS) is 19.7. The zero-order chi connectivity index (χ0) is 31.3. The van der Waals surface area contributed by atoms with Crippen molar-refractivity contribution >= 4 is 70.5 Å². The summed E-state index contributed by atoms with van der Waals surface area (Å²) in [5, 5.41) is 9.55. The number of halogens is 2. The first kappa shape index (κ1) is 31.1. The first-order valence-electron chi connectivity index (χ1n) is 15.7. The molecule has 2 aliphatic heterocycles. The van der Waals surface area contributed by atoms with E-state index in [1.54, 1.807) is 20.7 Å². The lowest BCUT2D eigenvalue weighted by Gasteiger charge is -2.43. The molecule has 0 unspecified atom stereocenters. The van der Waals surface area contributed by atoms with Gasteiger partial charge >= 0.3 is 0 Å².